The largest absolute Gasteiger partial charge is 0.478 e. The number of aromatic carboxylic acids is 1. The first kappa shape index (κ1) is 24.0. The van der Waals surface area contributed by atoms with Crippen molar-refractivity contribution in [3.8, 4) is 11.1 Å². The molecule has 1 aliphatic rings. The summed E-state index contributed by atoms with van der Waals surface area (Å²) in [5, 5.41) is 12.6. The molecule has 5 aromatic rings. The van der Waals surface area contributed by atoms with Crippen molar-refractivity contribution in [2.45, 2.75) is 26.7 Å². The van der Waals surface area contributed by atoms with Crippen molar-refractivity contribution in [2.24, 2.45) is 0 Å². The number of hydrogen-bond donors (Lipinski definition) is 1. The number of fused-ring (bicyclic) bond motifs is 5. The summed E-state index contributed by atoms with van der Waals surface area (Å²) in [6.07, 6.45) is 1.91. The molecular formula is C31H29N2O5+. The topological polar surface area (TPSA) is 86.9 Å². The summed E-state index contributed by atoms with van der Waals surface area (Å²) in [7, 11) is 2.06. The molecule has 0 saturated heterocycles. The molecule has 6 rings (SSSR count). The molecule has 0 aliphatic carbocycles. The van der Waals surface area contributed by atoms with E-state index < -0.39 is 11.6 Å². The van der Waals surface area contributed by atoms with E-state index in [1.807, 2.05) is 30.3 Å². The highest BCUT2D eigenvalue weighted by Gasteiger charge is 2.25. The minimum Gasteiger partial charge on any atom is -0.478 e. The summed E-state index contributed by atoms with van der Waals surface area (Å²) in [6.45, 7) is 6.75. The van der Waals surface area contributed by atoms with Crippen LogP contribution >= 0.6 is 0 Å². The van der Waals surface area contributed by atoms with Crippen LogP contribution in [-0.2, 0) is 6.42 Å². The lowest BCUT2D eigenvalue weighted by Gasteiger charge is -2.28. The van der Waals surface area contributed by atoms with Gasteiger partial charge in [-0.3, -0.25) is 0 Å². The smallest absolute Gasteiger partial charge is 0.348 e. The van der Waals surface area contributed by atoms with Gasteiger partial charge >= 0.3 is 11.6 Å². The first-order valence-electron chi connectivity index (χ1n) is 13.0. The number of carboxylic acids is 1. The van der Waals surface area contributed by atoms with Crippen LogP contribution in [0.3, 0.4) is 0 Å². The first-order chi connectivity index (χ1) is 18.4. The highest BCUT2D eigenvalue weighted by Crippen LogP contribution is 2.41. The third-order valence-electron chi connectivity index (χ3n) is 7.66. The van der Waals surface area contributed by atoms with Gasteiger partial charge in [-0.2, -0.15) is 0 Å². The minimum atomic E-state index is -1.06. The average Bonchev–Trinajstić information content (AvgIpc) is 2.92. The van der Waals surface area contributed by atoms with E-state index in [4.69, 9.17) is 8.83 Å². The van der Waals surface area contributed by atoms with Crippen molar-refractivity contribution in [3.05, 3.63) is 81.5 Å². The zero-order valence-electron chi connectivity index (χ0n) is 21.7. The van der Waals surface area contributed by atoms with Gasteiger partial charge in [0, 0.05) is 42.4 Å². The van der Waals surface area contributed by atoms with Gasteiger partial charge in [-0.15, -0.1) is 0 Å². The lowest BCUT2D eigenvalue weighted by Crippen LogP contribution is -2.29. The molecule has 0 fully saturated rings. The molecule has 7 nitrogen and oxygen atoms in total. The van der Waals surface area contributed by atoms with Gasteiger partial charge in [-0.1, -0.05) is 18.2 Å². The summed E-state index contributed by atoms with van der Waals surface area (Å²) >= 11 is 0. The van der Waals surface area contributed by atoms with Crippen molar-refractivity contribution >= 4 is 44.6 Å². The molecule has 1 N–H and O–H groups in total. The highest BCUT2D eigenvalue weighted by molar-refractivity contribution is 6.16. The van der Waals surface area contributed by atoms with E-state index in [2.05, 4.69) is 30.4 Å². The van der Waals surface area contributed by atoms with Crippen LogP contribution in [0, 0.1) is 0 Å². The molecule has 0 unspecified atom stereocenters. The summed E-state index contributed by atoms with van der Waals surface area (Å²) < 4.78 is 14.6. The quantitative estimate of drug-likeness (QED) is 0.154. The molecule has 3 aromatic carbocycles. The van der Waals surface area contributed by atoms with Gasteiger partial charge < -0.3 is 18.8 Å². The van der Waals surface area contributed by atoms with Crippen LogP contribution in [0.25, 0.3) is 44.0 Å². The molecule has 3 heterocycles. The van der Waals surface area contributed by atoms with E-state index in [0.717, 1.165) is 49.1 Å². The summed E-state index contributed by atoms with van der Waals surface area (Å²) in [5.41, 5.74) is 4.20. The van der Waals surface area contributed by atoms with Crippen molar-refractivity contribution in [3.63, 3.8) is 0 Å². The Kier molecular flexibility index (Phi) is 5.79. The number of carbonyl (C=O) groups is 1. The molecule has 1 aliphatic heterocycles. The third-order valence-corrected chi connectivity index (χ3v) is 7.66. The number of nitrogens with zero attached hydrogens (tertiary/aromatic N) is 2. The van der Waals surface area contributed by atoms with Crippen LogP contribution < -0.4 is 20.5 Å². The van der Waals surface area contributed by atoms with E-state index in [-0.39, 0.29) is 10.9 Å². The van der Waals surface area contributed by atoms with E-state index in [9.17, 15) is 14.7 Å². The number of rotatable bonds is 4. The second kappa shape index (κ2) is 9.17. The van der Waals surface area contributed by atoms with Crippen molar-refractivity contribution in [2.75, 3.05) is 31.6 Å². The van der Waals surface area contributed by atoms with Crippen LogP contribution in [0.2, 0.25) is 0 Å². The maximum Gasteiger partial charge on any atom is 0.348 e. The normalized spacial score (nSPS) is 13.3. The predicted octanol–water partition coefficient (Wildman–Crippen LogP) is 5.25. The van der Waals surface area contributed by atoms with Crippen LogP contribution in [0.1, 0.15) is 36.2 Å². The van der Waals surface area contributed by atoms with Crippen molar-refractivity contribution in [1.29, 1.82) is 0 Å². The third kappa shape index (κ3) is 3.69. The number of anilines is 1. The molecular weight excluding hydrogens is 480 g/mol. The number of hydrogen-bond acceptors (Lipinski definition) is 5. The van der Waals surface area contributed by atoms with Crippen LogP contribution in [-0.4, -0.2) is 37.8 Å². The highest BCUT2D eigenvalue weighted by atomic mass is 16.4. The number of benzene rings is 3. The second-order valence-corrected chi connectivity index (χ2v) is 9.78. The van der Waals surface area contributed by atoms with Crippen molar-refractivity contribution < 1.29 is 18.7 Å². The van der Waals surface area contributed by atoms with Crippen LogP contribution in [0.5, 0.6) is 0 Å². The Morgan fingerprint density at radius 1 is 1.00 bits per heavy atom. The minimum absolute atomic E-state index is 0.118. The maximum absolute atomic E-state index is 13.7. The zero-order valence-corrected chi connectivity index (χ0v) is 21.7. The van der Waals surface area contributed by atoms with E-state index in [0.29, 0.717) is 38.6 Å². The number of carboxylic acid groups (broad SMARTS) is 1. The molecule has 0 atom stereocenters. The van der Waals surface area contributed by atoms with E-state index in [1.165, 1.54) is 0 Å². The molecule has 0 saturated carbocycles. The monoisotopic (exact) mass is 509 g/mol. The SMILES string of the molecule is CC[N+](CC)=c1ccc2c(c1)oc(=O)c1c(-c3ccccc3C(=O)O)c3cc4c(cc3oc12)N(C)CCC4. The molecule has 0 amide bonds. The van der Waals surface area contributed by atoms with Gasteiger partial charge in [0.25, 0.3) is 0 Å². The lowest BCUT2D eigenvalue weighted by molar-refractivity contribution is 0.0697. The van der Waals surface area contributed by atoms with Gasteiger partial charge in [0.1, 0.15) is 29.6 Å². The Balaban J connectivity index is 1.83. The Morgan fingerprint density at radius 3 is 2.53 bits per heavy atom. The standard InChI is InChI=1S/C31H28N2O5/c1-4-33(5-2)19-12-13-22-25(16-19)38-31(36)28-27(20-10-6-7-11-21(20)30(34)35)23-15-18-9-8-14-32(3)24(18)17-26(23)37-29(22)28/h6-7,10-13,15-17H,4-5,8-9,14H2,1-3H3/p+1. The molecule has 0 radical (unpaired) electrons. The number of aryl methyl sites for hydroxylation is 1. The Bertz CT molecular complexity index is 1890. The van der Waals surface area contributed by atoms with Gasteiger partial charge in [-0.05, 0) is 56.0 Å². The zero-order chi connectivity index (χ0) is 26.6. The Morgan fingerprint density at radius 2 is 1.76 bits per heavy atom. The molecule has 192 valence electrons. The molecule has 7 heteroatoms. The maximum atomic E-state index is 13.7. The van der Waals surface area contributed by atoms with Gasteiger partial charge in [0.15, 0.2) is 5.58 Å². The van der Waals surface area contributed by atoms with Gasteiger partial charge in [-0.25, -0.2) is 14.2 Å². The van der Waals surface area contributed by atoms with Gasteiger partial charge in [0.2, 0.25) is 5.36 Å². The fourth-order valence-corrected chi connectivity index (χ4v) is 5.76. The molecule has 0 spiro atoms. The Labute approximate surface area is 218 Å². The van der Waals surface area contributed by atoms with Crippen LogP contribution in [0.15, 0.2) is 68.2 Å². The summed E-state index contributed by atoms with van der Waals surface area (Å²) in [5.74, 6) is -1.06. The van der Waals surface area contributed by atoms with E-state index in [1.54, 1.807) is 24.3 Å². The predicted molar refractivity (Wildman–Crippen MR) is 150 cm³/mol. The van der Waals surface area contributed by atoms with E-state index >= 15 is 0 Å². The second-order valence-electron chi connectivity index (χ2n) is 9.78. The lowest BCUT2D eigenvalue weighted by atomic mass is 9.91. The van der Waals surface area contributed by atoms with Crippen LogP contribution in [0.4, 0.5) is 5.69 Å². The molecule has 38 heavy (non-hydrogen) atoms. The fraction of sp³-hybridized carbons (Fsp3) is 0.258. The summed E-state index contributed by atoms with van der Waals surface area (Å²) in [6, 6.07) is 16.6. The average molecular weight is 510 g/mol. The Hall–Kier alpha value is -4.39. The van der Waals surface area contributed by atoms with Crippen molar-refractivity contribution in [1.82, 2.24) is 4.58 Å². The molecule has 2 aromatic heterocycles. The molecule has 0 bridgehead atoms. The summed E-state index contributed by atoms with van der Waals surface area (Å²) in [4.78, 5) is 28.1. The fourth-order valence-electron chi connectivity index (χ4n) is 5.76. The first-order valence-corrected chi connectivity index (χ1v) is 13.0. The van der Waals surface area contributed by atoms with Gasteiger partial charge in [0.05, 0.1) is 17.0 Å².